The molecule has 1 fully saturated rings. The van der Waals surface area contributed by atoms with Crippen molar-refractivity contribution in [3.05, 3.63) is 30.3 Å². The van der Waals surface area contributed by atoms with Crippen molar-refractivity contribution in [2.45, 2.75) is 32.7 Å². The highest BCUT2D eigenvalue weighted by Crippen LogP contribution is 2.27. The Balaban J connectivity index is 2.10. The van der Waals surface area contributed by atoms with E-state index >= 15 is 0 Å². The summed E-state index contributed by atoms with van der Waals surface area (Å²) >= 11 is 0. The fraction of sp³-hybridized carbons (Fsp3) is 0.500. The monoisotopic (exact) mass is 231 g/mol. The minimum atomic E-state index is 0.611. The normalized spacial score (nSPS) is 16.3. The number of para-hydroxylation sites is 1. The van der Waals surface area contributed by atoms with E-state index in [2.05, 4.69) is 23.7 Å². The lowest BCUT2D eigenvalue weighted by Crippen LogP contribution is -2.41. The summed E-state index contributed by atoms with van der Waals surface area (Å²) in [7, 11) is 0. The third-order valence-corrected chi connectivity index (χ3v) is 2.84. The molecule has 2 rings (SSSR count). The molecule has 0 spiro atoms. The molecule has 0 aliphatic heterocycles. The van der Waals surface area contributed by atoms with Crippen molar-refractivity contribution in [2.75, 3.05) is 6.54 Å². The molecular weight excluding hydrogens is 210 g/mol. The molecular formula is C14H21N3. The zero-order chi connectivity index (χ0) is 12.3. The standard InChI is InChI=1S/C14H21N3/c1-11(2)10-17(13-8-9-13)14(15)16-12-6-4-3-5-7-12/h3-7,11,13H,8-10H2,1-2H3,(H2,15,16). The first-order chi connectivity index (χ1) is 8.16. The van der Waals surface area contributed by atoms with Gasteiger partial charge >= 0.3 is 0 Å². The van der Waals surface area contributed by atoms with Gasteiger partial charge < -0.3 is 10.6 Å². The van der Waals surface area contributed by atoms with Gasteiger partial charge in [0.2, 0.25) is 0 Å². The van der Waals surface area contributed by atoms with E-state index in [-0.39, 0.29) is 0 Å². The molecule has 3 nitrogen and oxygen atoms in total. The van der Waals surface area contributed by atoms with Gasteiger partial charge in [0.15, 0.2) is 5.96 Å². The molecule has 1 aromatic rings. The van der Waals surface area contributed by atoms with Gasteiger partial charge in [-0.1, -0.05) is 32.0 Å². The smallest absolute Gasteiger partial charge is 0.196 e. The lowest BCUT2D eigenvalue weighted by Gasteiger charge is -2.25. The van der Waals surface area contributed by atoms with E-state index in [1.807, 2.05) is 30.3 Å². The Morgan fingerprint density at radius 1 is 1.35 bits per heavy atom. The Kier molecular flexibility index (Phi) is 3.67. The molecule has 0 saturated heterocycles. The van der Waals surface area contributed by atoms with Gasteiger partial charge in [0.05, 0.1) is 5.69 Å². The number of benzene rings is 1. The van der Waals surface area contributed by atoms with E-state index in [9.17, 15) is 0 Å². The van der Waals surface area contributed by atoms with Gasteiger partial charge in [0.25, 0.3) is 0 Å². The van der Waals surface area contributed by atoms with Gasteiger partial charge in [-0.25, -0.2) is 4.99 Å². The first kappa shape index (κ1) is 12.0. The molecule has 1 saturated carbocycles. The van der Waals surface area contributed by atoms with Crippen LogP contribution >= 0.6 is 0 Å². The summed E-state index contributed by atoms with van der Waals surface area (Å²) in [5, 5.41) is 0. The quantitative estimate of drug-likeness (QED) is 0.639. The summed E-state index contributed by atoms with van der Waals surface area (Å²) in [6, 6.07) is 10.5. The molecule has 0 heterocycles. The third kappa shape index (κ3) is 3.48. The summed E-state index contributed by atoms with van der Waals surface area (Å²) in [5.74, 6) is 1.27. The fourth-order valence-electron chi connectivity index (χ4n) is 1.91. The Morgan fingerprint density at radius 2 is 2.00 bits per heavy atom. The van der Waals surface area contributed by atoms with E-state index in [1.54, 1.807) is 0 Å². The first-order valence-electron chi connectivity index (χ1n) is 6.32. The van der Waals surface area contributed by atoms with E-state index in [0.29, 0.717) is 17.9 Å². The molecule has 0 unspecified atom stereocenters. The molecule has 92 valence electrons. The maximum absolute atomic E-state index is 6.12. The van der Waals surface area contributed by atoms with Gasteiger partial charge in [-0.05, 0) is 30.9 Å². The molecule has 17 heavy (non-hydrogen) atoms. The van der Waals surface area contributed by atoms with E-state index in [0.717, 1.165) is 12.2 Å². The van der Waals surface area contributed by atoms with E-state index in [1.165, 1.54) is 12.8 Å². The van der Waals surface area contributed by atoms with Crippen LogP contribution in [0.5, 0.6) is 0 Å². The summed E-state index contributed by atoms with van der Waals surface area (Å²) in [6.45, 7) is 5.42. The zero-order valence-corrected chi connectivity index (χ0v) is 10.6. The summed E-state index contributed by atoms with van der Waals surface area (Å²) < 4.78 is 0. The Bertz CT molecular complexity index is 380. The lowest BCUT2D eigenvalue weighted by molar-refractivity contribution is 0.354. The first-order valence-corrected chi connectivity index (χ1v) is 6.32. The fourth-order valence-corrected chi connectivity index (χ4v) is 1.91. The summed E-state index contributed by atoms with van der Waals surface area (Å²) in [5.41, 5.74) is 7.05. The average Bonchev–Trinajstić information content (AvgIpc) is 3.10. The molecule has 1 aromatic carbocycles. The molecule has 2 N–H and O–H groups in total. The predicted molar refractivity (Wildman–Crippen MR) is 72.3 cm³/mol. The molecule has 1 aliphatic rings. The van der Waals surface area contributed by atoms with E-state index < -0.39 is 0 Å². The minimum Gasteiger partial charge on any atom is -0.369 e. The minimum absolute atomic E-state index is 0.611. The molecule has 1 aliphatic carbocycles. The number of hydrogen-bond donors (Lipinski definition) is 1. The molecule has 0 radical (unpaired) electrons. The Labute approximate surface area is 103 Å². The highest BCUT2D eigenvalue weighted by Gasteiger charge is 2.30. The van der Waals surface area contributed by atoms with Gasteiger partial charge in [-0.15, -0.1) is 0 Å². The third-order valence-electron chi connectivity index (χ3n) is 2.84. The molecule has 0 amide bonds. The van der Waals surface area contributed by atoms with Crippen molar-refractivity contribution >= 4 is 11.6 Å². The SMILES string of the molecule is CC(C)CN(C(N)=Nc1ccccc1)C1CC1. The van der Waals surface area contributed by atoms with Crippen LogP contribution in [0.4, 0.5) is 5.69 Å². The Hall–Kier alpha value is -1.51. The van der Waals surface area contributed by atoms with Crippen molar-refractivity contribution in [3.63, 3.8) is 0 Å². The van der Waals surface area contributed by atoms with Gasteiger partial charge in [0, 0.05) is 12.6 Å². The highest BCUT2D eigenvalue weighted by molar-refractivity contribution is 5.81. The number of nitrogens with zero attached hydrogens (tertiary/aromatic N) is 2. The van der Waals surface area contributed by atoms with Crippen LogP contribution in [-0.4, -0.2) is 23.4 Å². The summed E-state index contributed by atoms with van der Waals surface area (Å²) in [4.78, 5) is 6.74. The number of nitrogens with two attached hydrogens (primary N) is 1. The van der Waals surface area contributed by atoms with Crippen LogP contribution in [0.1, 0.15) is 26.7 Å². The van der Waals surface area contributed by atoms with Crippen LogP contribution in [0, 0.1) is 5.92 Å². The second kappa shape index (κ2) is 5.21. The van der Waals surface area contributed by atoms with Crippen LogP contribution in [0.3, 0.4) is 0 Å². The second-order valence-corrected chi connectivity index (χ2v) is 5.08. The molecule has 0 bridgehead atoms. The van der Waals surface area contributed by atoms with Gasteiger partial charge in [-0.2, -0.15) is 0 Å². The topological polar surface area (TPSA) is 41.6 Å². The maximum atomic E-state index is 6.12. The van der Waals surface area contributed by atoms with Crippen molar-refractivity contribution < 1.29 is 0 Å². The molecule has 0 aromatic heterocycles. The van der Waals surface area contributed by atoms with Crippen molar-refractivity contribution in [1.82, 2.24) is 4.90 Å². The average molecular weight is 231 g/mol. The maximum Gasteiger partial charge on any atom is 0.196 e. The summed E-state index contributed by atoms with van der Waals surface area (Å²) in [6.07, 6.45) is 2.50. The van der Waals surface area contributed by atoms with Crippen molar-refractivity contribution in [2.24, 2.45) is 16.6 Å². The number of aliphatic imine (C=N–C) groups is 1. The Morgan fingerprint density at radius 3 is 2.53 bits per heavy atom. The van der Waals surface area contributed by atoms with Crippen LogP contribution < -0.4 is 5.73 Å². The van der Waals surface area contributed by atoms with Gasteiger partial charge in [-0.3, -0.25) is 0 Å². The number of rotatable bonds is 4. The lowest BCUT2D eigenvalue weighted by atomic mass is 10.2. The van der Waals surface area contributed by atoms with Crippen LogP contribution in [0.25, 0.3) is 0 Å². The number of guanidine groups is 1. The van der Waals surface area contributed by atoms with Crippen LogP contribution in [0.2, 0.25) is 0 Å². The van der Waals surface area contributed by atoms with Gasteiger partial charge in [0.1, 0.15) is 0 Å². The van der Waals surface area contributed by atoms with Crippen LogP contribution in [-0.2, 0) is 0 Å². The molecule has 3 heteroatoms. The number of hydrogen-bond acceptors (Lipinski definition) is 1. The second-order valence-electron chi connectivity index (χ2n) is 5.08. The van der Waals surface area contributed by atoms with E-state index in [4.69, 9.17) is 5.73 Å². The molecule has 0 atom stereocenters. The zero-order valence-electron chi connectivity index (χ0n) is 10.6. The predicted octanol–water partition coefficient (Wildman–Crippen LogP) is 2.75. The van der Waals surface area contributed by atoms with Crippen molar-refractivity contribution in [3.8, 4) is 0 Å². The van der Waals surface area contributed by atoms with Crippen molar-refractivity contribution in [1.29, 1.82) is 0 Å². The largest absolute Gasteiger partial charge is 0.369 e. The van der Waals surface area contributed by atoms with Crippen LogP contribution in [0.15, 0.2) is 35.3 Å². The highest BCUT2D eigenvalue weighted by atomic mass is 15.3.